The first-order valence-electron chi connectivity index (χ1n) is 19.2. The van der Waals surface area contributed by atoms with E-state index in [-0.39, 0.29) is 0 Å². The number of imide groups is 1. The van der Waals surface area contributed by atoms with Crippen LogP contribution in [0.15, 0.2) is 182 Å². The minimum Gasteiger partial charge on any atom is -0.307 e. The minimum atomic E-state index is -0.506. The van der Waals surface area contributed by atoms with Crippen LogP contribution in [-0.2, 0) is 4.79 Å². The number of amides is 2. The lowest BCUT2D eigenvalue weighted by molar-refractivity contribution is -0.106. The zero-order valence-corrected chi connectivity index (χ0v) is 32.0. The first kappa shape index (κ1) is 36.3. The summed E-state index contributed by atoms with van der Waals surface area (Å²) in [5, 5.41) is 22.4. The van der Waals surface area contributed by atoms with E-state index in [1.54, 1.807) is 12.1 Å². The molecular weight excluding hydrogens is 725 g/mol. The summed E-state index contributed by atoms with van der Waals surface area (Å²) in [6.07, 6.45) is 0.613. The normalized spacial score (nSPS) is 10.9. The van der Waals surface area contributed by atoms with Gasteiger partial charge in [0.05, 0.1) is 51.2 Å². The summed E-state index contributed by atoms with van der Waals surface area (Å²) < 4.78 is 2.09. The topological polar surface area (TPSA) is 89.9 Å². The highest BCUT2D eigenvalue weighted by Crippen LogP contribution is 2.45. The number of rotatable bonds is 8. The molecule has 6 nitrogen and oxygen atoms in total. The largest absolute Gasteiger partial charge is 0.307 e. The van der Waals surface area contributed by atoms with Gasteiger partial charge in [-0.25, -0.2) is 4.90 Å². The van der Waals surface area contributed by atoms with Crippen LogP contribution < -0.4 is 4.90 Å². The van der Waals surface area contributed by atoms with Crippen LogP contribution in [0.1, 0.15) is 27.0 Å². The average molecular weight is 759 g/mol. The number of nitrogens with zero attached hydrogens (tertiary/aromatic N) is 4. The van der Waals surface area contributed by atoms with Crippen LogP contribution >= 0.6 is 0 Å². The Balaban J connectivity index is 1.39. The fourth-order valence-corrected chi connectivity index (χ4v) is 8.37. The third-order valence-corrected chi connectivity index (χ3v) is 11.0. The molecular formula is C53H34N4O2. The molecule has 278 valence electrons. The van der Waals surface area contributed by atoms with Crippen LogP contribution in [0.25, 0.3) is 72.0 Å². The molecule has 0 radical (unpaired) electrons. The molecule has 0 fully saturated rings. The highest BCUT2D eigenvalue weighted by atomic mass is 16.2. The highest BCUT2D eigenvalue weighted by Gasteiger charge is 2.30. The Bertz CT molecular complexity index is 3020. The lowest BCUT2D eigenvalue weighted by Gasteiger charge is -2.25. The molecule has 0 bridgehead atoms. The molecule has 0 N–H and O–H groups in total. The van der Waals surface area contributed by atoms with Gasteiger partial charge in [0.15, 0.2) is 0 Å². The lowest BCUT2D eigenvalue weighted by atomic mass is 9.94. The van der Waals surface area contributed by atoms with E-state index in [0.29, 0.717) is 40.0 Å². The Labute approximate surface area is 341 Å². The van der Waals surface area contributed by atoms with E-state index in [4.69, 9.17) is 0 Å². The fraction of sp³-hybridized carbons (Fsp3) is 0.0189. The van der Waals surface area contributed by atoms with Crippen molar-refractivity contribution < 1.29 is 9.59 Å². The van der Waals surface area contributed by atoms with Crippen molar-refractivity contribution in [3.8, 4) is 62.3 Å². The van der Waals surface area contributed by atoms with Gasteiger partial charge < -0.3 is 4.57 Å². The number of hydrogen-bond acceptors (Lipinski definition) is 4. The summed E-state index contributed by atoms with van der Waals surface area (Å²) in [6.45, 7) is 1.88. The lowest BCUT2D eigenvalue weighted by Crippen LogP contribution is -2.32. The maximum Gasteiger partial charge on any atom is 0.267 e. The van der Waals surface area contributed by atoms with E-state index in [1.165, 1.54) is 4.90 Å². The minimum absolute atomic E-state index is 0.326. The molecule has 8 aromatic carbocycles. The van der Waals surface area contributed by atoms with Crippen molar-refractivity contribution in [3.05, 3.63) is 204 Å². The van der Waals surface area contributed by atoms with Gasteiger partial charge in [0.2, 0.25) is 6.41 Å². The van der Waals surface area contributed by atoms with Gasteiger partial charge in [-0.1, -0.05) is 164 Å². The van der Waals surface area contributed by atoms with E-state index in [0.717, 1.165) is 66.3 Å². The number of carbonyl (C=O) groups excluding carboxylic acids is 2. The molecule has 0 aliphatic carbocycles. The average Bonchev–Trinajstić information content (AvgIpc) is 3.64. The van der Waals surface area contributed by atoms with Crippen molar-refractivity contribution in [2.24, 2.45) is 0 Å². The Kier molecular flexibility index (Phi) is 9.43. The summed E-state index contributed by atoms with van der Waals surface area (Å²) in [7, 11) is 0. The third kappa shape index (κ3) is 6.14. The number of anilines is 1. The Morgan fingerprint density at radius 1 is 0.508 bits per heavy atom. The van der Waals surface area contributed by atoms with E-state index < -0.39 is 5.91 Å². The smallest absolute Gasteiger partial charge is 0.267 e. The molecule has 0 saturated heterocycles. The number of carbonyl (C=O) groups is 2. The van der Waals surface area contributed by atoms with E-state index >= 15 is 4.79 Å². The van der Waals surface area contributed by atoms with Gasteiger partial charge in [-0.3, -0.25) is 9.59 Å². The van der Waals surface area contributed by atoms with Gasteiger partial charge in [0.1, 0.15) is 0 Å². The monoisotopic (exact) mass is 758 g/mol. The summed E-state index contributed by atoms with van der Waals surface area (Å²) in [5.74, 6) is -0.506. The van der Waals surface area contributed by atoms with Crippen molar-refractivity contribution in [1.82, 2.24) is 4.57 Å². The molecule has 0 atom stereocenters. The molecule has 0 spiro atoms. The van der Waals surface area contributed by atoms with Gasteiger partial charge in [-0.2, -0.15) is 10.5 Å². The van der Waals surface area contributed by atoms with Gasteiger partial charge in [-0.05, 0) is 41.8 Å². The third-order valence-electron chi connectivity index (χ3n) is 11.0. The second-order valence-corrected chi connectivity index (χ2v) is 14.2. The SMILES string of the molecule is Cc1cccc(-n2c3c(-c4ccccc4C#N)cccc3c3cccc(-c4ccccc4C#N)c32)c1C(=O)N(C=O)c1c(-c2ccccc2)cccc1-c1ccccc1. The van der Waals surface area contributed by atoms with Crippen LogP contribution in [0.2, 0.25) is 0 Å². The van der Waals surface area contributed by atoms with Crippen molar-refractivity contribution in [3.63, 3.8) is 0 Å². The predicted molar refractivity (Wildman–Crippen MR) is 236 cm³/mol. The zero-order valence-electron chi connectivity index (χ0n) is 32.0. The second kappa shape index (κ2) is 15.3. The molecule has 0 aliphatic rings. The van der Waals surface area contributed by atoms with Crippen molar-refractivity contribution in [2.75, 3.05) is 4.90 Å². The summed E-state index contributed by atoms with van der Waals surface area (Å²) in [5.41, 5.74) is 10.8. The Hall–Kier alpha value is -8.32. The molecule has 1 heterocycles. The van der Waals surface area contributed by atoms with Crippen LogP contribution in [0.5, 0.6) is 0 Å². The number of aryl methyl sites for hydroxylation is 1. The van der Waals surface area contributed by atoms with Crippen LogP contribution in [0, 0.1) is 29.6 Å². The maximum atomic E-state index is 15.7. The van der Waals surface area contributed by atoms with Crippen LogP contribution in [0.3, 0.4) is 0 Å². The quantitative estimate of drug-likeness (QED) is 0.144. The second-order valence-electron chi connectivity index (χ2n) is 14.2. The number of benzene rings is 8. The summed E-state index contributed by atoms with van der Waals surface area (Å²) >= 11 is 0. The molecule has 0 saturated carbocycles. The van der Waals surface area contributed by atoms with Crippen LogP contribution in [0.4, 0.5) is 5.69 Å². The predicted octanol–water partition coefficient (Wildman–Crippen LogP) is 12.3. The molecule has 9 rings (SSSR count). The van der Waals surface area contributed by atoms with Gasteiger partial charge in [-0.15, -0.1) is 0 Å². The van der Waals surface area contributed by atoms with E-state index in [1.807, 2.05) is 177 Å². The molecule has 6 heteroatoms. The molecule has 0 unspecified atom stereocenters. The summed E-state index contributed by atoms with van der Waals surface area (Å²) in [4.78, 5) is 30.6. The van der Waals surface area contributed by atoms with Gasteiger partial charge in [0.25, 0.3) is 5.91 Å². The standard InChI is InChI=1S/C53H34N4O2/c1-35-16-12-31-48(49(35)53(59)56(34-58)50-42(36-17-4-2-5-18-36)25-13-26-43(50)37-19-6-3-7-20-37)57-51-44(40-23-10-8-21-38(40)32-54)27-14-29-46(51)47-30-15-28-45(52(47)57)41-24-11-9-22-39(41)33-55/h2-31,34H,1H3. The maximum absolute atomic E-state index is 15.7. The van der Waals surface area contributed by atoms with Crippen molar-refractivity contribution >= 4 is 39.8 Å². The van der Waals surface area contributed by atoms with E-state index in [2.05, 4.69) is 16.7 Å². The number of aromatic nitrogens is 1. The Morgan fingerprint density at radius 2 is 0.932 bits per heavy atom. The first-order chi connectivity index (χ1) is 29.0. The Morgan fingerprint density at radius 3 is 1.42 bits per heavy atom. The van der Waals surface area contributed by atoms with Gasteiger partial charge in [0, 0.05) is 44.2 Å². The number of nitriles is 2. The molecule has 1 aromatic heterocycles. The fourth-order valence-electron chi connectivity index (χ4n) is 8.37. The van der Waals surface area contributed by atoms with Crippen molar-refractivity contribution in [2.45, 2.75) is 6.92 Å². The van der Waals surface area contributed by atoms with Crippen molar-refractivity contribution in [1.29, 1.82) is 10.5 Å². The molecule has 9 aromatic rings. The highest BCUT2D eigenvalue weighted by molar-refractivity contribution is 6.23. The first-order valence-corrected chi connectivity index (χ1v) is 19.2. The molecule has 2 amide bonds. The zero-order chi connectivity index (χ0) is 40.5. The molecule has 0 aliphatic heterocycles. The summed E-state index contributed by atoms with van der Waals surface area (Å²) in [6, 6.07) is 62.8. The molecule has 59 heavy (non-hydrogen) atoms. The van der Waals surface area contributed by atoms with Crippen LogP contribution in [-0.4, -0.2) is 16.9 Å². The van der Waals surface area contributed by atoms with E-state index in [9.17, 15) is 15.3 Å². The number of hydrogen-bond donors (Lipinski definition) is 0. The number of fused-ring (bicyclic) bond motifs is 3. The number of para-hydroxylation sites is 3. The van der Waals surface area contributed by atoms with Gasteiger partial charge >= 0.3 is 0 Å².